The van der Waals surface area contributed by atoms with Crippen molar-refractivity contribution in [1.82, 2.24) is 19.7 Å². The van der Waals surface area contributed by atoms with E-state index in [9.17, 15) is 8.42 Å². The molecule has 0 unspecified atom stereocenters. The topological polar surface area (TPSA) is 190 Å². The van der Waals surface area contributed by atoms with E-state index in [0.717, 1.165) is 41.5 Å². The maximum Gasteiger partial charge on any atom is 0.213 e. The lowest BCUT2D eigenvalue weighted by Crippen LogP contribution is -2.44. The first-order chi connectivity index (χ1) is 31.8. The van der Waals surface area contributed by atoms with E-state index < -0.39 is 38.6 Å². The molecule has 0 bridgehead atoms. The van der Waals surface area contributed by atoms with Gasteiger partial charge in [-0.05, 0) is 130 Å². The molecule has 70 heavy (non-hydrogen) atoms. The Morgan fingerprint density at radius 3 is 1.44 bits per heavy atom. The largest absolute Gasteiger partial charge is 0.478 e. The van der Waals surface area contributed by atoms with Gasteiger partial charge in [-0.2, -0.15) is 4.40 Å². The number of pyridine rings is 3. The van der Waals surface area contributed by atoms with Crippen LogP contribution in [0.25, 0.3) is 0 Å². The van der Waals surface area contributed by atoms with Gasteiger partial charge in [0.05, 0.1) is 72.2 Å². The Morgan fingerprint density at radius 1 is 0.686 bits per heavy atom. The van der Waals surface area contributed by atoms with E-state index >= 15 is 0 Å². The summed E-state index contributed by atoms with van der Waals surface area (Å²) in [4.78, 5) is 12.5. The van der Waals surface area contributed by atoms with Crippen LogP contribution in [0.15, 0.2) is 63.9 Å². The van der Waals surface area contributed by atoms with Gasteiger partial charge in [-0.25, -0.2) is 28.1 Å². The van der Waals surface area contributed by atoms with Crippen LogP contribution in [0.5, 0.6) is 17.6 Å². The monoisotopic (exact) mass is 1140 g/mol. The zero-order chi connectivity index (χ0) is 53.3. The van der Waals surface area contributed by atoms with Crippen LogP contribution in [0.3, 0.4) is 0 Å². The van der Waals surface area contributed by atoms with E-state index in [2.05, 4.69) is 122 Å². The van der Waals surface area contributed by atoms with Gasteiger partial charge in [-0.15, -0.1) is 12.4 Å². The first-order valence-corrected chi connectivity index (χ1v) is 32.8. The fraction of sp³-hybridized carbons (Fsp3) is 0.680. The van der Waals surface area contributed by atoms with Gasteiger partial charge in [-0.1, -0.05) is 74.4 Å². The van der Waals surface area contributed by atoms with E-state index in [1.165, 1.54) is 0 Å². The summed E-state index contributed by atoms with van der Waals surface area (Å²) in [5.74, 6) is 1.90. The molecule has 0 aliphatic heterocycles. The second-order valence-corrected chi connectivity index (χ2v) is 35.8. The highest BCUT2D eigenvalue weighted by atomic mass is 79.9. The van der Waals surface area contributed by atoms with Gasteiger partial charge in [0.2, 0.25) is 17.6 Å². The van der Waals surface area contributed by atoms with Crippen LogP contribution in [-0.2, 0) is 30.8 Å². The Balaban J connectivity index is 0. The van der Waals surface area contributed by atoms with Crippen molar-refractivity contribution in [2.24, 2.45) is 10.1 Å². The van der Waals surface area contributed by atoms with Gasteiger partial charge in [-0.3, -0.25) is 0 Å². The highest BCUT2D eigenvalue weighted by Crippen LogP contribution is 2.38. The minimum atomic E-state index is -1.91. The Hall–Kier alpha value is -2.18. The maximum absolute atomic E-state index is 12.7. The van der Waals surface area contributed by atoms with Gasteiger partial charge in [0.1, 0.15) is 11.0 Å². The van der Waals surface area contributed by atoms with Gasteiger partial charge in [0, 0.05) is 47.5 Å². The number of rotatable bonds is 21. The summed E-state index contributed by atoms with van der Waals surface area (Å²) in [6.45, 7) is 42.8. The van der Waals surface area contributed by atoms with Crippen LogP contribution in [-0.4, -0.2) is 100 Å². The van der Waals surface area contributed by atoms with Gasteiger partial charge in [0.25, 0.3) is 0 Å². The smallest absolute Gasteiger partial charge is 0.213 e. The summed E-state index contributed by atoms with van der Waals surface area (Å²) in [6.07, 6.45) is 9.70. The van der Waals surface area contributed by atoms with Crippen LogP contribution in [0.1, 0.15) is 146 Å². The molecular weight excluding hydrogens is 1050 g/mol. The van der Waals surface area contributed by atoms with Crippen molar-refractivity contribution >= 4 is 73.2 Å². The number of aliphatic hydroxyl groups is 1. The summed E-state index contributed by atoms with van der Waals surface area (Å²) in [5.41, 5.74) is 7.38. The maximum atomic E-state index is 12.7. The number of aromatic nitrogens is 3. The molecule has 20 heteroatoms. The van der Waals surface area contributed by atoms with E-state index in [0.29, 0.717) is 44.1 Å². The number of hydrogen-bond acceptors (Lipinski definition) is 12. The predicted molar refractivity (Wildman–Crippen MR) is 305 cm³/mol. The van der Waals surface area contributed by atoms with Crippen molar-refractivity contribution < 1.29 is 36.6 Å². The lowest BCUT2D eigenvalue weighted by atomic mass is 10.1. The average Bonchev–Trinajstić information content (AvgIpc) is 3.26. The molecule has 4 N–H and O–H groups in total. The van der Waals surface area contributed by atoms with Crippen molar-refractivity contribution in [2.75, 3.05) is 39.6 Å². The molecule has 0 fully saturated rings. The third-order valence-electron chi connectivity index (χ3n) is 10.8. The number of nitrogens with zero attached hydrogens (tertiary/aromatic N) is 4. The normalized spacial score (nSPS) is 14.0. The van der Waals surface area contributed by atoms with E-state index in [4.69, 9.17) is 33.9 Å². The van der Waals surface area contributed by atoms with E-state index in [1.807, 2.05) is 78.8 Å². The predicted octanol–water partition coefficient (Wildman–Crippen LogP) is 12.4. The van der Waals surface area contributed by atoms with Crippen LogP contribution in [0.2, 0.25) is 36.3 Å². The van der Waals surface area contributed by atoms with Crippen LogP contribution in [0, 0.1) is 0 Å². The van der Waals surface area contributed by atoms with Crippen molar-refractivity contribution in [2.45, 2.75) is 181 Å². The number of nitrogens with one attached hydrogen (secondary N) is 1. The second kappa shape index (κ2) is 33.6. The Kier molecular flexibility index (Phi) is 33.6. The van der Waals surface area contributed by atoms with E-state index in [-0.39, 0.29) is 50.7 Å². The molecular formula is C50H92BrClN6O8S2Si2. The Labute approximate surface area is 445 Å². The fourth-order valence-corrected chi connectivity index (χ4v) is 7.79. The highest BCUT2D eigenvalue weighted by molar-refractivity contribution is 9.10. The standard InChI is InChI=1S/C20H38N2O3SSi.C12H27NO2SSi.C10H16N2O2.C8H10BrNO.ClH/c1-10-13-24-18-12-11-16(14-21-18)17(22-26(23)19(2,3)4)15-25-27(8,9)20(5,6)7;1-11(2,3)16(14)13-9-10-15-17(7,8)12(4,5)6;1-2-5-14-10-4-3-8(6-12-10)9(11)7-13;1-2-5-11-8-4-3-7(9)6-10-8;/h11-12,14,17,22H,10,13,15H2,1-9H3;9H,10H2,1-8H3;3-4,6,9,13H,2,5,7,11H2,1H3;3-4,6H,2,5H2,1H3;1H/t17-,26+;16-;9-;;/m010../s1. The zero-order valence-electron chi connectivity index (χ0n) is 46.1. The molecule has 3 aromatic heterocycles. The molecule has 3 heterocycles. The van der Waals surface area contributed by atoms with Crippen LogP contribution in [0.4, 0.5) is 0 Å². The lowest BCUT2D eigenvalue weighted by Gasteiger charge is -2.37. The molecule has 0 aliphatic rings. The summed E-state index contributed by atoms with van der Waals surface area (Å²) in [6, 6.07) is 10.6. The molecule has 0 aromatic carbocycles. The summed E-state index contributed by atoms with van der Waals surface area (Å²) in [7, 11) is -6.01. The molecule has 0 radical (unpaired) electrons. The third kappa shape index (κ3) is 28.9. The number of halogens is 2. The second-order valence-electron chi connectivity index (χ2n) is 21.4. The van der Waals surface area contributed by atoms with Crippen LogP contribution < -0.4 is 24.7 Å². The summed E-state index contributed by atoms with van der Waals surface area (Å²) < 4.78 is 60.4. The molecule has 0 saturated heterocycles. The van der Waals surface area contributed by atoms with Gasteiger partial charge in [0.15, 0.2) is 16.6 Å². The van der Waals surface area contributed by atoms with Crippen molar-refractivity contribution in [3.05, 3.63) is 70.6 Å². The molecule has 3 rings (SSSR count). The SMILES string of the molecule is CC(C)(C)[S@@](=O)N=CCO[Si](C)(C)C(C)(C)C.CCCOc1ccc(Br)cn1.CCCOc1ccc([C@@H](N)CO)cn1.CCCOc1ccc([C@H](CO[Si](C)(C)C(C)(C)C)N[S@](=O)C(C)(C)C)cn1.Cl. The molecule has 0 aliphatic carbocycles. The summed E-state index contributed by atoms with van der Waals surface area (Å²) >= 11 is 3.30. The molecule has 404 valence electrons. The Morgan fingerprint density at radius 2 is 1.10 bits per heavy atom. The first kappa shape index (κ1) is 69.9. The van der Waals surface area contributed by atoms with E-state index in [1.54, 1.807) is 30.9 Å². The quantitative estimate of drug-likeness (QED) is 0.0677. The number of nitrogens with two attached hydrogens (primary N) is 1. The fourth-order valence-electron chi connectivity index (χ4n) is 4.28. The van der Waals surface area contributed by atoms with Gasteiger partial charge >= 0.3 is 0 Å². The van der Waals surface area contributed by atoms with Crippen molar-refractivity contribution in [1.29, 1.82) is 0 Å². The third-order valence-corrected chi connectivity index (χ3v) is 23.3. The average molecular weight is 1140 g/mol. The minimum absolute atomic E-state index is 0. The first-order valence-electron chi connectivity index (χ1n) is 23.9. The molecule has 0 saturated carbocycles. The molecule has 0 amide bonds. The number of hydrogen-bond donors (Lipinski definition) is 3. The van der Waals surface area contributed by atoms with Gasteiger partial charge < -0.3 is 33.9 Å². The molecule has 0 spiro atoms. The van der Waals surface area contributed by atoms with Crippen LogP contribution >= 0.6 is 28.3 Å². The summed E-state index contributed by atoms with van der Waals surface area (Å²) in [5, 5.41) is 9.14. The zero-order valence-corrected chi connectivity index (χ0v) is 52.1. The number of ether oxygens (including phenoxy) is 3. The van der Waals surface area contributed by atoms with Crippen molar-refractivity contribution in [3.63, 3.8) is 0 Å². The number of aliphatic hydroxyl groups excluding tert-OH is 1. The van der Waals surface area contributed by atoms with Crippen molar-refractivity contribution in [3.8, 4) is 17.6 Å². The molecule has 3 aromatic rings. The molecule has 14 nitrogen and oxygen atoms in total. The Bertz CT molecular complexity index is 1930. The minimum Gasteiger partial charge on any atom is -0.478 e. The highest BCUT2D eigenvalue weighted by Gasteiger charge is 2.38. The lowest BCUT2D eigenvalue weighted by molar-refractivity contribution is 0.257. The molecule has 4 atom stereocenters.